The Morgan fingerprint density at radius 1 is 0.941 bits per heavy atom. The van der Waals surface area contributed by atoms with Crippen LogP contribution in [0.2, 0.25) is 0 Å². The Morgan fingerprint density at radius 3 is 2.26 bits per heavy atom. The van der Waals surface area contributed by atoms with Crippen molar-refractivity contribution in [2.45, 2.75) is 70.8 Å². The van der Waals surface area contributed by atoms with Gasteiger partial charge in [-0.3, -0.25) is 9.59 Å². The first-order valence-corrected chi connectivity index (χ1v) is 12.1. The Bertz CT molecular complexity index is 1070. The first-order chi connectivity index (χ1) is 16.3. The number of esters is 1. The summed E-state index contributed by atoms with van der Waals surface area (Å²) in [6.07, 6.45) is 4.87. The quantitative estimate of drug-likeness (QED) is 0.605. The van der Waals surface area contributed by atoms with E-state index in [0.717, 1.165) is 37.8 Å². The molecule has 1 fully saturated rings. The molecule has 1 aliphatic carbocycles. The highest BCUT2D eigenvalue weighted by Crippen LogP contribution is 2.36. The lowest BCUT2D eigenvalue weighted by Gasteiger charge is -2.30. The largest absolute Gasteiger partial charge is 0.460 e. The standard InChI is InChI=1S/C28H33N3O3/c1-28(2,3)34-27(33)23-15-11-21(12-16-23)20-9-13-22(14-10-20)26(32)29-25-18-24(30-31-25)17-19-7-5-4-6-8-19/h4-10,13-14,21,23H,11-12,15-18H2,1-3H3,(H,29,31,32)/t21-,23-. The minimum Gasteiger partial charge on any atom is -0.460 e. The highest BCUT2D eigenvalue weighted by atomic mass is 16.6. The van der Waals surface area contributed by atoms with Crippen molar-refractivity contribution in [3.05, 3.63) is 71.3 Å². The fraction of sp³-hybridized carbons (Fsp3) is 0.429. The van der Waals surface area contributed by atoms with Gasteiger partial charge in [-0.1, -0.05) is 42.5 Å². The van der Waals surface area contributed by atoms with Crippen molar-refractivity contribution in [1.82, 2.24) is 5.32 Å². The number of benzene rings is 2. The molecule has 2 aromatic carbocycles. The first kappa shape index (κ1) is 23.9. The first-order valence-electron chi connectivity index (χ1n) is 12.1. The second-order valence-electron chi connectivity index (χ2n) is 10.2. The van der Waals surface area contributed by atoms with Crippen LogP contribution in [0.15, 0.2) is 64.8 Å². The third-order valence-corrected chi connectivity index (χ3v) is 6.30. The van der Waals surface area contributed by atoms with Crippen LogP contribution < -0.4 is 5.32 Å². The molecule has 34 heavy (non-hydrogen) atoms. The summed E-state index contributed by atoms with van der Waals surface area (Å²) in [4.78, 5) is 25.0. The van der Waals surface area contributed by atoms with Crippen LogP contribution in [0.5, 0.6) is 0 Å². The predicted molar refractivity (Wildman–Crippen MR) is 134 cm³/mol. The molecular formula is C28H33N3O3. The number of carbonyl (C=O) groups excluding carboxylic acids is 2. The van der Waals surface area contributed by atoms with Crippen molar-refractivity contribution in [3.63, 3.8) is 0 Å². The number of amidine groups is 1. The number of rotatable bonds is 5. The fourth-order valence-electron chi connectivity index (χ4n) is 4.55. The molecule has 2 aliphatic rings. The Balaban J connectivity index is 1.25. The second-order valence-corrected chi connectivity index (χ2v) is 10.2. The van der Waals surface area contributed by atoms with Crippen LogP contribution in [0.4, 0.5) is 0 Å². The molecule has 6 heteroatoms. The van der Waals surface area contributed by atoms with Gasteiger partial charge in [0.25, 0.3) is 5.91 Å². The molecular weight excluding hydrogens is 426 g/mol. The average molecular weight is 460 g/mol. The van der Waals surface area contributed by atoms with E-state index >= 15 is 0 Å². The van der Waals surface area contributed by atoms with Crippen LogP contribution in [0, 0.1) is 5.92 Å². The van der Waals surface area contributed by atoms with E-state index in [2.05, 4.69) is 27.7 Å². The van der Waals surface area contributed by atoms with Crippen LogP contribution in [-0.2, 0) is 16.0 Å². The van der Waals surface area contributed by atoms with Crippen molar-refractivity contribution in [2.75, 3.05) is 0 Å². The topological polar surface area (TPSA) is 80.1 Å². The van der Waals surface area contributed by atoms with Crippen LogP contribution in [0.3, 0.4) is 0 Å². The van der Waals surface area contributed by atoms with E-state index in [4.69, 9.17) is 4.74 Å². The SMILES string of the molecule is CC(C)(C)OC(=O)[C@H]1CC[C@H](c2ccc(C(=O)NC3=NN=C(Cc4ccccc4)C3)cc2)CC1. The molecule has 0 radical (unpaired) electrons. The van der Waals surface area contributed by atoms with Gasteiger partial charge in [-0.2, -0.15) is 5.10 Å². The Kier molecular flexibility index (Phi) is 7.25. The summed E-state index contributed by atoms with van der Waals surface area (Å²) in [6, 6.07) is 17.9. The molecule has 1 heterocycles. The number of carbonyl (C=O) groups is 2. The molecule has 1 aliphatic heterocycles. The zero-order valence-electron chi connectivity index (χ0n) is 20.2. The number of nitrogens with zero attached hydrogens (tertiary/aromatic N) is 2. The molecule has 0 aromatic heterocycles. The number of hydrogen-bond acceptors (Lipinski definition) is 5. The number of hydrogen-bond donors (Lipinski definition) is 1. The summed E-state index contributed by atoms with van der Waals surface area (Å²) < 4.78 is 5.55. The van der Waals surface area contributed by atoms with E-state index in [1.807, 2.05) is 63.2 Å². The summed E-state index contributed by atoms with van der Waals surface area (Å²) in [5, 5.41) is 11.3. The summed E-state index contributed by atoms with van der Waals surface area (Å²) in [5.41, 5.74) is 3.50. The molecule has 1 N–H and O–H groups in total. The summed E-state index contributed by atoms with van der Waals surface area (Å²) in [5.74, 6) is 0.727. The maximum Gasteiger partial charge on any atom is 0.309 e. The molecule has 6 nitrogen and oxygen atoms in total. The van der Waals surface area contributed by atoms with Crippen LogP contribution in [-0.4, -0.2) is 29.0 Å². The van der Waals surface area contributed by atoms with Gasteiger partial charge in [0, 0.05) is 18.4 Å². The van der Waals surface area contributed by atoms with Crippen LogP contribution >= 0.6 is 0 Å². The predicted octanol–water partition coefficient (Wildman–Crippen LogP) is 5.43. The van der Waals surface area contributed by atoms with Crippen LogP contribution in [0.25, 0.3) is 0 Å². The Labute approximate surface area is 201 Å². The van der Waals surface area contributed by atoms with Gasteiger partial charge in [-0.05, 0) is 75.6 Å². The van der Waals surface area contributed by atoms with Gasteiger partial charge >= 0.3 is 5.97 Å². The number of ether oxygens (including phenoxy) is 1. The molecule has 0 saturated heterocycles. The summed E-state index contributed by atoms with van der Waals surface area (Å²) in [7, 11) is 0. The van der Waals surface area contributed by atoms with Crippen molar-refractivity contribution in [1.29, 1.82) is 0 Å². The monoisotopic (exact) mass is 459 g/mol. The normalized spacial score (nSPS) is 20.3. The van der Waals surface area contributed by atoms with Crippen molar-refractivity contribution < 1.29 is 14.3 Å². The smallest absolute Gasteiger partial charge is 0.309 e. The molecule has 1 amide bonds. The van der Waals surface area contributed by atoms with E-state index in [1.165, 1.54) is 11.1 Å². The maximum absolute atomic E-state index is 12.7. The molecule has 4 rings (SSSR count). The zero-order valence-corrected chi connectivity index (χ0v) is 20.2. The molecule has 0 spiro atoms. The number of nitrogens with one attached hydrogen (secondary N) is 1. The Morgan fingerprint density at radius 2 is 1.62 bits per heavy atom. The number of amides is 1. The average Bonchev–Trinajstić information content (AvgIpc) is 3.25. The lowest BCUT2D eigenvalue weighted by molar-refractivity contribution is -0.161. The van der Waals surface area contributed by atoms with Gasteiger partial charge in [0.15, 0.2) is 0 Å². The highest BCUT2D eigenvalue weighted by Gasteiger charge is 2.30. The minimum absolute atomic E-state index is 0.0123. The lowest BCUT2D eigenvalue weighted by Crippen LogP contribution is -2.31. The molecule has 1 saturated carbocycles. The second kappa shape index (κ2) is 10.3. The third kappa shape index (κ3) is 6.40. The highest BCUT2D eigenvalue weighted by molar-refractivity contribution is 6.14. The molecule has 0 unspecified atom stereocenters. The summed E-state index contributed by atoms with van der Waals surface area (Å²) in [6.45, 7) is 5.72. The lowest BCUT2D eigenvalue weighted by atomic mass is 9.78. The Hall–Kier alpha value is -3.28. The van der Waals surface area contributed by atoms with Crippen molar-refractivity contribution >= 4 is 23.4 Å². The molecule has 178 valence electrons. The van der Waals surface area contributed by atoms with Crippen molar-refractivity contribution in [2.24, 2.45) is 16.1 Å². The van der Waals surface area contributed by atoms with Crippen LogP contribution in [0.1, 0.15) is 80.3 Å². The maximum atomic E-state index is 12.7. The minimum atomic E-state index is -0.440. The van der Waals surface area contributed by atoms with Gasteiger partial charge in [0.05, 0.1) is 11.6 Å². The van der Waals surface area contributed by atoms with E-state index in [-0.39, 0.29) is 17.8 Å². The zero-order chi connectivity index (χ0) is 24.1. The molecule has 0 bridgehead atoms. The van der Waals surface area contributed by atoms with Gasteiger partial charge in [-0.25, -0.2) is 0 Å². The fourth-order valence-corrected chi connectivity index (χ4v) is 4.55. The summed E-state index contributed by atoms with van der Waals surface area (Å²) >= 11 is 0. The van der Waals surface area contributed by atoms with E-state index in [1.54, 1.807) is 0 Å². The molecule has 2 aromatic rings. The third-order valence-electron chi connectivity index (χ3n) is 6.30. The van der Waals surface area contributed by atoms with E-state index in [0.29, 0.717) is 23.7 Å². The van der Waals surface area contributed by atoms with Gasteiger partial charge in [0.2, 0.25) is 0 Å². The van der Waals surface area contributed by atoms with Gasteiger partial charge in [-0.15, -0.1) is 5.10 Å². The van der Waals surface area contributed by atoms with E-state index < -0.39 is 5.60 Å². The van der Waals surface area contributed by atoms with Gasteiger partial charge < -0.3 is 10.1 Å². The molecule has 0 atom stereocenters. The van der Waals surface area contributed by atoms with E-state index in [9.17, 15) is 9.59 Å². The van der Waals surface area contributed by atoms with Gasteiger partial charge in [0.1, 0.15) is 11.4 Å². The van der Waals surface area contributed by atoms with Crippen molar-refractivity contribution in [3.8, 4) is 0 Å².